The predicted octanol–water partition coefficient (Wildman–Crippen LogP) is 5.18. The minimum absolute atomic E-state index is 0.0744. The first kappa shape index (κ1) is 28.1. The molecule has 1 atom stereocenters. The average Bonchev–Trinajstić information content (AvgIpc) is 2.91. The smallest absolute Gasteiger partial charge is 0.251 e. The lowest BCUT2D eigenvalue weighted by Gasteiger charge is -2.32. The number of carbonyl (C=O) groups is 1. The fourth-order valence-corrected chi connectivity index (χ4v) is 3.87. The van der Waals surface area contributed by atoms with Crippen molar-refractivity contribution in [1.82, 2.24) is 10.3 Å². The number of hydrogen-bond donors (Lipinski definition) is 2. The summed E-state index contributed by atoms with van der Waals surface area (Å²) in [7, 11) is 2.89. The van der Waals surface area contributed by atoms with Crippen LogP contribution in [0.5, 0.6) is 17.2 Å². The first-order chi connectivity index (χ1) is 17.6. The van der Waals surface area contributed by atoms with E-state index in [2.05, 4.69) is 10.3 Å². The minimum Gasteiger partial charge on any atom is -0.494 e. The number of halogens is 3. The third-order valence-corrected chi connectivity index (χ3v) is 6.24. The Balaban J connectivity index is 1.89. The van der Waals surface area contributed by atoms with Crippen LogP contribution in [0, 0.1) is 11.7 Å². The van der Waals surface area contributed by atoms with Crippen molar-refractivity contribution in [3.63, 3.8) is 0 Å². The lowest BCUT2D eigenvalue weighted by atomic mass is 9.86. The van der Waals surface area contributed by atoms with E-state index in [1.165, 1.54) is 50.6 Å². The number of rotatable bonds is 11. The fraction of sp³-hybridized carbons (Fsp3) is 0.333. The molecule has 7 nitrogen and oxygen atoms in total. The maximum Gasteiger partial charge on any atom is 0.251 e. The van der Waals surface area contributed by atoms with Crippen molar-refractivity contribution < 1.29 is 32.9 Å². The fourth-order valence-electron chi connectivity index (χ4n) is 3.69. The SMILES string of the molecule is COc1cc(C(=O)NCC(O)(c2ccc(OC)c(-c3ccc(F)c(Cl)c3)n2)C(C)C)ccc1OCCF. The molecule has 0 spiro atoms. The number of ether oxygens (including phenoxy) is 3. The second-order valence-electron chi connectivity index (χ2n) is 8.54. The van der Waals surface area contributed by atoms with Crippen LogP contribution < -0.4 is 19.5 Å². The maximum absolute atomic E-state index is 13.7. The average molecular weight is 535 g/mol. The Labute approximate surface area is 219 Å². The monoisotopic (exact) mass is 534 g/mol. The molecule has 0 saturated heterocycles. The molecule has 3 aromatic rings. The highest BCUT2D eigenvalue weighted by Gasteiger charge is 2.36. The van der Waals surface area contributed by atoms with Crippen LogP contribution in [0.1, 0.15) is 29.9 Å². The molecule has 0 saturated carbocycles. The number of aromatic nitrogens is 1. The Bertz CT molecular complexity index is 1260. The quantitative estimate of drug-likeness (QED) is 0.352. The number of nitrogens with zero attached hydrogens (tertiary/aromatic N) is 1. The molecule has 0 bridgehead atoms. The van der Waals surface area contributed by atoms with Gasteiger partial charge in [-0.2, -0.15) is 0 Å². The minimum atomic E-state index is -1.56. The number of benzene rings is 2. The molecule has 1 unspecified atom stereocenters. The van der Waals surface area contributed by atoms with Crippen LogP contribution in [0.3, 0.4) is 0 Å². The first-order valence-corrected chi connectivity index (χ1v) is 11.9. The molecule has 37 heavy (non-hydrogen) atoms. The molecule has 0 aliphatic heterocycles. The van der Waals surface area contributed by atoms with E-state index in [0.29, 0.717) is 22.8 Å². The van der Waals surface area contributed by atoms with Crippen molar-refractivity contribution in [2.75, 3.05) is 34.0 Å². The molecule has 10 heteroatoms. The van der Waals surface area contributed by atoms with Gasteiger partial charge in [-0.15, -0.1) is 0 Å². The van der Waals surface area contributed by atoms with E-state index in [0.717, 1.165) is 0 Å². The van der Waals surface area contributed by atoms with E-state index >= 15 is 0 Å². The van der Waals surface area contributed by atoms with Crippen molar-refractivity contribution in [1.29, 1.82) is 0 Å². The summed E-state index contributed by atoms with van der Waals surface area (Å²) in [6.07, 6.45) is 0. The van der Waals surface area contributed by atoms with Crippen LogP contribution in [-0.2, 0) is 5.60 Å². The molecular formula is C27H29ClF2N2O5. The summed E-state index contributed by atoms with van der Waals surface area (Å²) < 4.78 is 42.1. The summed E-state index contributed by atoms with van der Waals surface area (Å²) in [5, 5.41) is 14.3. The zero-order valence-electron chi connectivity index (χ0n) is 21.0. The van der Waals surface area contributed by atoms with E-state index in [1.807, 2.05) is 0 Å². The van der Waals surface area contributed by atoms with Crippen molar-refractivity contribution in [3.8, 4) is 28.5 Å². The number of alkyl halides is 1. The van der Waals surface area contributed by atoms with E-state index in [4.69, 9.17) is 25.8 Å². The molecular weight excluding hydrogens is 506 g/mol. The number of nitrogens with one attached hydrogen (secondary N) is 1. The van der Waals surface area contributed by atoms with Gasteiger partial charge in [0.2, 0.25) is 0 Å². The van der Waals surface area contributed by atoms with Crippen molar-refractivity contribution in [2.24, 2.45) is 5.92 Å². The molecule has 2 aromatic carbocycles. The summed E-state index contributed by atoms with van der Waals surface area (Å²) in [6.45, 7) is 2.65. The number of methoxy groups -OCH3 is 2. The first-order valence-electron chi connectivity index (χ1n) is 11.5. The molecule has 3 rings (SSSR count). The van der Waals surface area contributed by atoms with Gasteiger partial charge >= 0.3 is 0 Å². The summed E-state index contributed by atoms with van der Waals surface area (Å²) in [4.78, 5) is 17.5. The topological polar surface area (TPSA) is 89.9 Å². The highest BCUT2D eigenvalue weighted by atomic mass is 35.5. The van der Waals surface area contributed by atoms with Crippen molar-refractivity contribution in [3.05, 3.63) is 70.6 Å². The Morgan fingerprint density at radius 3 is 2.41 bits per heavy atom. The number of pyridine rings is 1. The van der Waals surface area contributed by atoms with Crippen LogP contribution in [0.15, 0.2) is 48.5 Å². The van der Waals surface area contributed by atoms with Gasteiger partial charge in [-0.05, 0) is 54.4 Å². The Hall–Kier alpha value is -3.43. The summed E-state index contributed by atoms with van der Waals surface area (Å²) >= 11 is 5.96. The van der Waals surface area contributed by atoms with Gasteiger partial charge in [-0.25, -0.2) is 13.8 Å². The van der Waals surface area contributed by atoms with Gasteiger partial charge in [0, 0.05) is 11.1 Å². The van der Waals surface area contributed by atoms with Gasteiger partial charge in [-0.3, -0.25) is 4.79 Å². The van der Waals surface area contributed by atoms with E-state index < -0.39 is 24.0 Å². The number of carbonyl (C=O) groups excluding carboxylic acids is 1. The largest absolute Gasteiger partial charge is 0.494 e. The molecule has 0 fully saturated rings. The normalized spacial score (nSPS) is 12.7. The van der Waals surface area contributed by atoms with Crippen LogP contribution in [0.4, 0.5) is 8.78 Å². The standard InChI is InChI=1S/C27H29ClF2N2O5/c1-16(2)27(34,15-31-26(33)18-6-8-21(37-12-11-29)23(14-18)36-4)24-10-9-22(35-3)25(32-24)17-5-7-20(30)19(28)13-17/h5-10,13-14,16,34H,11-12,15H2,1-4H3,(H,31,33). The predicted molar refractivity (Wildman–Crippen MR) is 137 cm³/mol. The van der Waals surface area contributed by atoms with E-state index in [-0.39, 0.29) is 41.1 Å². The zero-order valence-corrected chi connectivity index (χ0v) is 21.7. The third-order valence-electron chi connectivity index (χ3n) is 5.95. The van der Waals surface area contributed by atoms with Crippen LogP contribution >= 0.6 is 11.6 Å². The van der Waals surface area contributed by atoms with Crippen LogP contribution in [0.25, 0.3) is 11.3 Å². The second kappa shape index (κ2) is 12.2. The van der Waals surface area contributed by atoms with Gasteiger partial charge in [0.25, 0.3) is 5.91 Å². The third kappa shape index (κ3) is 6.29. The van der Waals surface area contributed by atoms with Gasteiger partial charge in [0.1, 0.15) is 36.1 Å². The molecule has 2 N–H and O–H groups in total. The van der Waals surface area contributed by atoms with Crippen molar-refractivity contribution >= 4 is 17.5 Å². The van der Waals surface area contributed by atoms with E-state index in [1.54, 1.807) is 26.0 Å². The molecule has 1 amide bonds. The number of amides is 1. The number of aliphatic hydroxyl groups is 1. The lowest BCUT2D eigenvalue weighted by molar-refractivity contribution is -0.0122. The molecule has 0 radical (unpaired) electrons. The van der Waals surface area contributed by atoms with Gasteiger partial charge in [0.15, 0.2) is 11.5 Å². The molecule has 1 aromatic heterocycles. The summed E-state index contributed by atoms with van der Waals surface area (Å²) in [5.74, 6) is -0.395. The second-order valence-corrected chi connectivity index (χ2v) is 8.95. The Morgan fingerprint density at radius 2 is 1.78 bits per heavy atom. The highest BCUT2D eigenvalue weighted by molar-refractivity contribution is 6.31. The maximum atomic E-state index is 13.7. The molecule has 198 valence electrons. The highest BCUT2D eigenvalue weighted by Crippen LogP contribution is 2.35. The summed E-state index contributed by atoms with van der Waals surface area (Å²) in [6, 6.07) is 11.9. The molecule has 0 aliphatic rings. The van der Waals surface area contributed by atoms with Crippen LogP contribution in [-0.4, -0.2) is 50.0 Å². The Kier molecular flexibility index (Phi) is 9.29. The zero-order chi connectivity index (χ0) is 27.2. The number of hydrogen-bond acceptors (Lipinski definition) is 6. The lowest BCUT2D eigenvalue weighted by Crippen LogP contribution is -2.45. The molecule has 1 heterocycles. The van der Waals surface area contributed by atoms with Gasteiger partial charge in [0.05, 0.1) is 31.5 Å². The Morgan fingerprint density at radius 1 is 1.08 bits per heavy atom. The summed E-state index contributed by atoms with van der Waals surface area (Å²) in [5.41, 5.74) is -0.149. The van der Waals surface area contributed by atoms with Crippen LogP contribution in [0.2, 0.25) is 5.02 Å². The van der Waals surface area contributed by atoms with Crippen molar-refractivity contribution in [2.45, 2.75) is 19.4 Å². The van der Waals surface area contributed by atoms with Gasteiger partial charge in [-0.1, -0.05) is 25.4 Å². The molecule has 0 aliphatic carbocycles. The van der Waals surface area contributed by atoms with E-state index in [9.17, 15) is 18.7 Å². The van der Waals surface area contributed by atoms with Gasteiger partial charge < -0.3 is 24.6 Å².